The zero-order chi connectivity index (χ0) is 13.0. The molecule has 2 aromatic rings. The van der Waals surface area contributed by atoms with Crippen LogP contribution in [0, 0.1) is 6.92 Å². The van der Waals surface area contributed by atoms with E-state index in [1.165, 1.54) is 0 Å². The van der Waals surface area contributed by atoms with Gasteiger partial charge in [0.1, 0.15) is 5.75 Å². The second kappa shape index (κ2) is 5.98. The molecule has 1 heterocycles. The van der Waals surface area contributed by atoms with Gasteiger partial charge >= 0.3 is 0 Å². The molecule has 0 fully saturated rings. The largest absolute Gasteiger partial charge is 0.438 e. The molecular weight excluding hydrogens is 294 g/mol. The molecule has 94 valence electrons. The standard InChI is InChI=1S/C14H14BrNO2/c1-10-6-8-16-14(13(10)15)18-12-5-3-2-4-11(12)7-9-17/h2-6,8,17H,7,9H2,1H3. The third-order valence-electron chi connectivity index (χ3n) is 2.61. The van der Waals surface area contributed by atoms with Gasteiger partial charge in [-0.15, -0.1) is 0 Å². The first-order chi connectivity index (χ1) is 8.72. The second-order valence-electron chi connectivity index (χ2n) is 3.93. The van der Waals surface area contributed by atoms with E-state index < -0.39 is 0 Å². The molecule has 0 aliphatic heterocycles. The highest BCUT2D eigenvalue weighted by atomic mass is 79.9. The number of aryl methyl sites for hydroxylation is 1. The topological polar surface area (TPSA) is 42.4 Å². The van der Waals surface area contributed by atoms with E-state index in [0.29, 0.717) is 12.3 Å². The average Bonchev–Trinajstić information content (AvgIpc) is 2.37. The van der Waals surface area contributed by atoms with Crippen LogP contribution in [-0.2, 0) is 6.42 Å². The van der Waals surface area contributed by atoms with E-state index in [1.807, 2.05) is 37.3 Å². The molecule has 0 aliphatic rings. The van der Waals surface area contributed by atoms with E-state index in [0.717, 1.165) is 21.3 Å². The van der Waals surface area contributed by atoms with Crippen molar-refractivity contribution in [3.8, 4) is 11.6 Å². The molecule has 0 spiro atoms. The minimum Gasteiger partial charge on any atom is -0.438 e. The first-order valence-corrected chi connectivity index (χ1v) is 6.49. The molecule has 1 aromatic carbocycles. The van der Waals surface area contributed by atoms with Crippen molar-refractivity contribution >= 4 is 15.9 Å². The molecule has 0 bridgehead atoms. The normalized spacial score (nSPS) is 10.4. The Labute approximate surface area is 115 Å². The Morgan fingerprint density at radius 3 is 2.83 bits per heavy atom. The Morgan fingerprint density at radius 2 is 2.06 bits per heavy atom. The quantitative estimate of drug-likeness (QED) is 0.940. The van der Waals surface area contributed by atoms with Crippen LogP contribution in [0.1, 0.15) is 11.1 Å². The molecular formula is C14H14BrNO2. The number of benzene rings is 1. The fourth-order valence-electron chi connectivity index (χ4n) is 1.62. The Bertz CT molecular complexity index is 543. The minimum atomic E-state index is 0.1000. The van der Waals surface area contributed by atoms with E-state index in [2.05, 4.69) is 20.9 Å². The van der Waals surface area contributed by atoms with Gasteiger partial charge in [-0.2, -0.15) is 0 Å². The number of nitrogens with zero attached hydrogens (tertiary/aromatic N) is 1. The fourth-order valence-corrected chi connectivity index (χ4v) is 1.94. The number of aliphatic hydroxyl groups is 1. The van der Waals surface area contributed by atoms with Crippen LogP contribution in [0.2, 0.25) is 0 Å². The number of para-hydroxylation sites is 1. The second-order valence-corrected chi connectivity index (χ2v) is 4.72. The number of ether oxygens (including phenoxy) is 1. The SMILES string of the molecule is Cc1ccnc(Oc2ccccc2CCO)c1Br. The molecule has 1 aromatic heterocycles. The summed E-state index contributed by atoms with van der Waals surface area (Å²) >= 11 is 3.46. The lowest BCUT2D eigenvalue weighted by Gasteiger charge is -2.11. The predicted octanol–water partition coefficient (Wildman–Crippen LogP) is 3.48. The number of pyridine rings is 1. The first kappa shape index (κ1) is 13.1. The number of aromatic nitrogens is 1. The van der Waals surface area contributed by atoms with Gasteiger partial charge in [-0.25, -0.2) is 4.98 Å². The molecule has 0 atom stereocenters. The van der Waals surface area contributed by atoms with Gasteiger partial charge in [0.25, 0.3) is 0 Å². The van der Waals surface area contributed by atoms with Crippen LogP contribution in [0.3, 0.4) is 0 Å². The van der Waals surface area contributed by atoms with E-state index in [1.54, 1.807) is 6.20 Å². The number of hydrogen-bond donors (Lipinski definition) is 1. The van der Waals surface area contributed by atoms with Crippen molar-refractivity contribution in [2.24, 2.45) is 0 Å². The summed E-state index contributed by atoms with van der Waals surface area (Å²) in [5.41, 5.74) is 2.04. The van der Waals surface area contributed by atoms with E-state index in [9.17, 15) is 0 Å². The van der Waals surface area contributed by atoms with Crippen LogP contribution in [0.5, 0.6) is 11.6 Å². The van der Waals surface area contributed by atoms with Crippen LogP contribution in [0.4, 0.5) is 0 Å². The smallest absolute Gasteiger partial charge is 0.233 e. The van der Waals surface area contributed by atoms with Gasteiger partial charge in [-0.05, 0) is 52.5 Å². The average molecular weight is 308 g/mol. The van der Waals surface area contributed by atoms with Crippen molar-refractivity contribution in [2.75, 3.05) is 6.61 Å². The fraction of sp³-hybridized carbons (Fsp3) is 0.214. The van der Waals surface area contributed by atoms with Gasteiger partial charge in [0.15, 0.2) is 0 Å². The van der Waals surface area contributed by atoms with Crippen LogP contribution in [-0.4, -0.2) is 16.7 Å². The zero-order valence-electron chi connectivity index (χ0n) is 10.1. The summed E-state index contributed by atoms with van der Waals surface area (Å²) in [6.45, 7) is 2.08. The molecule has 0 radical (unpaired) electrons. The molecule has 0 unspecified atom stereocenters. The Morgan fingerprint density at radius 1 is 1.28 bits per heavy atom. The Balaban J connectivity index is 2.31. The molecule has 0 saturated carbocycles. The molecule has 3 nitrogen and oxygen atoms in total. The Kier molecular flexibility index (Phi) is 4.33. The third kappa shape index (κ3) is 2.89. The number of halogens is 1. The van der Waals surface area contributed by atoms with Gasteiger partial charge < -0.3 is 9.84 Å². The molecule has 0 amide bonds. The zero-order valence-corrected chi connectivity index (χ0v) is 11.6. The van der Waals surface area contributed by atoms with Crippen molar-refractivity contribution in [1.29, 1.82) is 0 Å². The first-order valence-electron chi connectivity index (χ1n) is 5.70. The van der Waals surface area contributed by atoms with Gasteiger partial charge in [0, 0.05) is 12.8 Å². The van der Waals surface area contributed by atoms with E-state index >= 15 is 0 Å². The van der Waals surface area contributed by atoms with Crippen molar-refractivity contribution in [2.45, 2.75) is 13.3 Å². The minimum absolute atomic E-state index is 0.1000. The summed E-state index contributed by atoms with van der Waals surface area (Å²) in [5, 5.41) is 9.03. The lowest BCUT2D eigenvalue weighted by molar-refractivity contribution is 0.297. The maximum Gasteiger partial charge on any atom is 0.233 e. The monoisotopic (exact) mass is 307 g/mol. The lowest BCUT2D eigenvalue weighted by atomic mass is 10.1. The molecule has 0 aliphatic carbocycles. The van der Waals surface area contributed by atoms with Crippen molar-refractivity contribution in [1.82, 2.24) is 4.98 Å². The molecule has 18 heavy (non-hydrogen) atoms. The summed E-state index contributed by atoms with van der Waals surface area (Å²) in [4.78, 5) is 4.20. The maximum atomic E-state index is 9.03. The maximum absolute atomic E-state index is 9.03. The highest BCUT2D eigenvalue weighted by molar-refractivity contribution is 9.10. The predicted molar refractivity (Wildman–Crippen MR) is 74.0 cm³/mol. The number of hydrogen-bond acceptors (Lipinski definition) is 3. The van der Waals surface area contributed by atoms with Gasteiger partial charge in [-0.3, -0.25) is 0 Å². The van der Waals surface area contributed by atoms with Crippen molar-refractivity contribution in [3.05, 3.63) is 52.1 Å². The summed E-state index contributed by atoms with van der Waals surface area (Å²) < 4.78 is 6.66. The van der Waals surface area contributed by atoms with Crippen LogP contribution < -0.4 is 4.74 Å². The highest BCUT2D eigenvalue weighted by Crippen LogP contribution is 2.31. The number of aliphatic hydroxyl groups excluding tert-OH is 1. The van der Waals surface area contributed by atoms with Crippen molar-refractivity contribution in [3.63, 3.8) is 0 Å². The van der Waals surface area contributed by atoms with Gasteiger partial charge in [0.2, 0.25) is 5.88 Å². The number of rotatable bonds is 4. The summed E-state index contributed by atoms with van der Waals surface area (Å²) in [6.07, 6.45) is 2.28. The Hall–Kier alpha value is -1.39. The third-order valence-corrected chi connectivity index (χ3v) is 3.58. The van der Waals surface area contributed by atoms with Gasteiger partial charge in [-0.1, -0.05) is 18.2 Å². The van der Waals surface area contributed by atoms with Crippen LogP contribution in [0.15, 0.2) is 41.0 Å². The summed E-state index contributed by atoms with van der Waals surface area (Å²) in [5.74, 6) is 1.27. The van der Waals surface area contributed by atoms with Crippen LogP contribution >= 0.6 is 15.9 Å². The molecule has 4 heteroatoms. The summed E-state index contributed by atoms with van der Waals surface area (Å²) in [7, 11) is 0. The van der Waals surface area contributed by atoms with Gasteiger partial charge in [0.05, 0.1) is 4.47 Å². The molecule has 2 rings (SSSR count). The molecule has 1 N–H and O–H groups in total. The van der Waals surface area contributed by atoms with E-state index in [4.69, 9.17) is 9.84 Å². The lowest BCUT2D eigenvalue weighted by Crippen LogP contribution is -1.97. The van der Waals surface area contributed by atoms with Crippen LogP contribution in [0.25, 0.3) is 0 Å². The summed E-state index contributed by atoms with van der Waals surface area (Å²) in [6, 6.07) is 9.56. The van der Waals surface area contributed by atoms with Crippen molar-refractivity contribution < 1.29 is 9.84 Å². The van der Waals surface area contributed by atoms with E-state index in [-0.39, 0.29) is 6.61 Å². The molecule has 0 saturated heterocycles. The highest BCUT2D eigenvalue weighted by Gasteiger charge is 2.09.